The molecule has 0 aliphatic rings. The Morgan fingerprint density at radius 2 is 1.56 bits per heavy atom. The zero-order valence-corrected chi connectivity index (χ0v) is 14.0. The lowest BCUT2D eigenvalue weighted by Crippen LogP contribution is -2.11. The van der Waals surface area contributed by atoms with Crippen molar-refractivity contribution in [3.8, 4) is 11.3 Å². The molecule has 3 aromatic rings. The maximum absolute atomic E-state index is 13.2. The summed E-state index contributed by atoms with van der Waals surface area (Å²) in [4.78, 5) is 7.72. The first-order valence-electron chi connectivity index (χ1n) is 7.06. The zero-order valence-electron chi connectivity index (χ0n) is 12.5. The number of anilines is 2. The molecule has 0 radical (unpaired) electrons. The summed E-state index contributed by atoms with van der Waals surface area (Å²) in [7, 11) is 0. The van der Waals surface area contributed by atoms with Crippen molar-refractivity contribution >= 4 is 34.8 Å². The van der Waals surface area contributed by atoms with Gasteiger partial charge in [0.1, 0.15) is 0 Å². The summed E-state index contributed by atoms with van der Waals surface area (Å²) in [6, 6.07) is 13.8. The minimum Gasteiger partial charge on any atom is -0.324 e. The van der Waals surface area contributed by atoms with Gasteiger partial charge in [-0.05, 0) is 36.4 Å². The van der Waals surface area contributed by atoms with Crippen LogP contribution >= 0.6 is 23.2 Å². The SMILES string of the molecule is FC(F)(F)c1cc(-c2ccc(Cl)cc2)nc(Nc2cccc(Cl)c2)n1. The van der Waals surface area contributed by atoms with Crippen LogP contribution in [-0.2, 0) is 6.18 Å². The van der Waals surface area contributed by atoms with Gasteiger partial charge in [-0.2, -0.15) is 13.2 Å². The molecule has 0 saturated heterocycles. The summed E-state index contributed by atoms with van der Waals surface area (Å²) in [5, 5.41) is 3.66. The van der Waals surface area contributed by atoms with Crippen molar-refractivity contribution in [2.24, 2.45) is 0 Å². The highest BCUT2D eigenvalue weighted by atomic mass is 35.5. The van der Waals surface area contributed by atoms with Crippen molar-refractivity contribution in [1.29, 1.82) is 0 Å². The molecule has 0 saturated carbocycles. The van der Waals surface area contributed by atoms with Crippen LogP contribution in [0.5, 0.6) is 0 Å². The van der Waals surface area contributed by atoms with E-state index in [1.807, 2.05) is 0 Å². The Labute approximate surface area is 151 Å². The number of halogens is 5. The molecule has 8 heteroatoms. The van der Waals surface area contributed by atoms with Gasteiger partial charge in [-0.3, -0.25) is 0 Å². The van der Waals surface area contributed by atoms with E-state index in [-0.39, 0.29) is 11.6 Å². The largest absolute Gasteiger partial charge is 0.433 e. The van der Waals surface area contributed by atoms with Crippen LogP contribution in [0.25, 0.3) is 11.3 Å². The average molecular weight is 384 g/mol. The number of benzene rings is 2. The molecule has 0 fully saturated rings. The number of rotatable bonds is 3. The first-order valence-corrected chi connectivity index (χ1v) is 7.82. The normalized spacial score (nSPS) is 11.4. The van der Waals surface area contributed by atoms with Crippen molar-refractivity contribution in [2.75, 3.05) is 5.32 Å². The second-order valence-electron chi connectivity index (χ2n) is 5.10. The third kappa shape index (κ3) is 4.41. The van der Waals surface area contributed by atoms with Crippen LogP contribution in [0.2, 0.25) is 10.0 Å². The highest BCUT2D eigenvalue weighted by molar-refractivity contribution is 6.31. The second-order valence-corrected chi connectivity index (χ2v) is 5.97. The molecule has 3 rings (SSSR count). The predicted octanol–water partition coefficient (Wildman–Crippen LogP) is 6.21. The van der Waals surface area contributed by atoms with E-state index in [0.29, 0.717) is 21.3 Å². The van der Waals surface area contributed by atoms with Gasteiger partial charge in [0.25, 0.3) is 0 Å². The van der Waals surface area contributed by atoms with Crippen LogP contribution in [0.1, 0.15) is 5.69 Å². The summed E-state index contributed by atoms with van der Waals surface area (Å²) in [6.07, 6.45) is -4.60. The fourth-order valence-electron chi connectivity index (χ4n) is 2.11. The molecule has 3 nitrogen and oxygen atoms in total. The lowest BCUT2D eigenvalue weighted by atomic mass is 10.1. The van der Waals surface area contributed by atoms with E-state index >= 15 is 0 Å². The van der Waals surface area contributed by atoms with Gasteiger partial charge >= 0.3 is 6.18 Å². The predicted molar refractivity (Wildman–Crippen MR) is 92.2 cm³/mol. The van der Waals surface area contributed by atoms with E-state index in [1.165, 1.54) is 0 Å². The quantitative estimate of drug-likeness (QED) is 0.583. The van der Waals surface area contributed by atoms with Gasteiger partial charge in [0.15, 0.2) is 5.69 Å². The molecule has 25 heavy (non-hydrogen) atoms. The third-order valence-corrected chi connectivity index (χ3v) is 3.72. The number of hydrogen-bond acceptors (Lipinski definition) is 3. The first-order chi connectivity index (χ1) is 11.8. The molecule has 0 spiro atoms. The summed E-state index contributed by atoms with van der Waals surface area (Å²) >= 11 is 11.7. The highest BCUT2D eigenvalue weighted by Crippen LogP contribution is 2.32. The summed E-state index contributed by atoms with van der Waals surface area (Å²) in [5.41, 5.74) is 0.0563. The van der Waals surface area contributed by atoms with Crippen molar-refractivity contribution in [1.82, 2.24) is 9.97 Å². The van der Waals surface area contributed by atoms with E-state index in [9.17, 15) is 13.2 Å². The second kappa shape index (κ2) is 6.90. The molecule has 0 aliphatic heterocycles. The van der Waals surface area contributed by atoms with Crippen LogP contribution in [-0.4, -0.2) is 9.97 Å². The summed E-state index contributed by atoms with van der Waals surface area (Å²) in [5.74, 6) is -0.179. The molecule has 0 amide bonds. The zero-order chi connectivity index (χ0) is 18.0. The van der Waals surface area contributed by atoms with Crippen molar-refractivity contribution in [3.63, 3.8) is 0 Å². The van der Waals surface area contributed by atoms with E-state index in [1.54, 1.807) is 48.5 Å². The monoisotopic (exact) mass is 383 g/mol. The molecule has 0 atom stereocenters. The van der Waals surface area contributed by atoms with Gasteiger partial charge < -0.3 is 5.32 Å². The number of alkyl halides is 3. The van der Waals surface area contributed by atoms with E-state index in [0.717, 1.165) is 6.07 Å². The maximum Gasteiger partial charge on any atom is 0.433 e. The molecule has 2 aromatic carbocycles. The maximum atomic E-state index is 13.2. The average Bonchev–Trinajstić information content (AvgIpc) is 2.54. The Morgan fingerprint density at radius 1 is 0.840 bits per heavy atom. The van der Waals surface area contributed by atoms with Crippen LogP contribution in [0, 0.1) is 0 Å². The minimum absolute atomic E-state index is 0.128. The molecule has 0 bridgehead atoms. The Balaban J connectivity index is 2.05. The third-order valence-electron chi connectivity index (χ3n) is 3.24. The van der Waals surface area contributed by atoms with Crippen molar-refractivity contribution < 1.29 is 13.2 Å². The fraction of sp³-hybridized carbons (Fsp3) is 0.0588. The molecule has 128 valence electrons. The van der Waals surface area contributed by atoms with Crippen molar-refractivity contribution in [3.05, 3.63) is 70.3 Å². The Morgan fingerprint density at radius 3 is 2.20 bits per heavy atom. The first kappa shape index (κ1) is 17.5. The van der Waals surface area contributed by atoms with Gasteiger partial charge in [0, 0.05) is 21.3 Å². The lowest BCUT2D eigenvalue weighted by Gasteiger charge is -2.12. The van der Waals surface area contributed by atoms with Crippen LogP contribution < -0.4 is 5.32 Å². The van der Waals surface area contributed by atoms with Crippen LogP contribution in [0.15, 0.2) is 54.6 Å². The fourth-order valence-corrected chi connectivity index (χ4v) is 2.43. The standard InChI is InChI=1S/C17H10Cl2F3N3/c18-11-6-4-10(5-7-11)14-9-15(17(20,21)22)25-16(24-14)23-13-3-1-2-12(19)8-13/h1-9H,(H,23,24,25). The molecule has 0 aliphatic carbocycles. The van der Waals surface area contributed by atoms with Gasteiger partial charge in [0.2, 0.25) is 5.95 Å². The van der Waals surface area contributed by atoms with Crippen LogP contribution in [0.3, 0.4) is 0 Å². The molecular weight excluding hydrogens is 374 g/mol. The highest BCUT2D eigenvalue weighted by Gasteiger charge is 2.33. The summed E-state index contributed by atoms with van der Waals surface area (Å²) < 4.78 is 39.5. The molecule has 1 heterocycles. The smallest absolute Gasteiger partial charge is 0.324 e. The molecule has 1 N–H and O–H groups in total. The topological polar surface area (TPSA) is 37.8 Å². The van der Waals surface area contributed by atoms with Gasteiger partial charge in [-0.15, -0.1) is 0 Å². The molecule has 1 aromatic heterocycles. The minimum atomic E-state index is -4.60. The van der Waals surface area contributed by atoms with Gasteiger partial charge in [-0.25, -0.2) is 9.97 Å². The number of nitrogens with zero attached hydrogens (tertiary/aromatic N) is 2. The lowest BCUT2D eigenvalue weighted by molar-refractivity contribution is -0.141. The van der Waals surface area contributed by atoms with E-state index in [2.05, 4.69) is 15.3 Å². The number of hydrogen-bond donors (Lipinski definition) is 1. The Hall–Kier alpha value is -2.31. The molecular formula is C17H10Cl2F3N3. The number of nitrogens with one attached hydrogen (secondary N) is 1. The molecule has 0 unspecified atom stereocenters. The van der Waals surface area contributed by atoms with Gasteiger partial charge in [-0.1, -0.05) is 41.4 Å². The van der Waals surface area contributed by atoms with Crippen molar-refractivity contribution in [2.45, 2.75) is 6.18 Å². The van der Waals surface area contributed by atoms with Gasteiger partial charge in [0.05, 0.1) is 5.69 Å². The summed E-state index contributed by atoms with van der Waals surface area (Å²) in [6.45, 7) is 0. The van der Waals surface area contributed by atoms with E-state index in [4.69, 9.17) is 23.2 Å². The van der Waals surface area contributed by atoms with E-state index < -0.39 is 11.9 Å². The van der Waals surface area contributed by atoms with Crippen LogP contribution in [0.4, 0.5) is 24.8 Å². The Bertz CT molecular complexity index is 896. The number of aromatic nitrogens is 2. The Kier molecular flexibility index (Phi) is 4.83.